The average molecular weight is 725 g/mol. The molecule has 1 aliphatic heterocycles. The van der Waals surface area contributed by atoms with Gasteiger partial charge in [0, 0.05) is 40.3 Å². The van der Waals surface area contributed by atoms with Crippen LogP contribution >= 0.6 is 23.2 Å². The maximum Gasteiger partial charge on any atom is 0.335 e. The largest absolute Gasteiger partial charge is 0.481 e. The van der Waals surface area contributed by atoms with Gasteiger partial charge < -0.3 is 26.2 Å². The van der Waals surface area contributed by atoms with Crippen molar-refractivity contribution in [3.63, 3.8) is 0 Å². The van der Waals surface area contributed by atoms with Crippen LogP contribution in [0.1, 0.15) is 60.2 Å². The number of carboxylic acid groups (broad SMARTS) is 2. The highest BCUT2D eigenvalue weighted by Crippen LogP contribution is 2.53. The first-order chi connectivity index (χ1) is 23.6. The van der Waals surface area contributed by atoms with Crippen LogP contribution in [0.4, 0.5) is 20.2 Å². The molecule has 8 nitrogen and oxygen atoms in total. The fourth-order valence-electron chi connectivity index (χ4n) is 6.90. The maximum absolute atomic E-state index is 16.4. The minimum Gasteiger partial charge on any atom is -0.481 e. The van der Waals surface area contributed by atoms with Gasteiger partial charge in [-0.1, -0.05) is 74.3 Å². The number of aromatic carboxylic acids is 1. The number of rotatable bonds is 11. The zero-order valence-electron chi connectivity index (χ0n) is 27.6. The number of amides is 1. The number of halogens is 4. The molecule has 0 spiro atoms. The van der Waals surface area contributed by atoms with Crippen LogP contribution in [-0.2, 0) is 21.4 Å². The van der Waals surface area contributed by atoms with Crippen molar-refractivity contribution < 1.29 is 33.4 Å². The minimum absolute atomic E-state index is 0.00524. The van der Waals surface area contributed by atoms with E-state index in [9.17, 15) is 24.6 Å². The number of carbonyl (C=O) groups is 3. The Morgan fingerprint density at radius 1 is 0.900 bits per heavy atom. The SMILES string of the molecule is CC(C)(C)C[C@@H]1N[C@@H](C(=O)Nc2ccc(C(=O)O)cc2)[C@H](c2cccc(Cl)c2F)[C@@]1(CNc1ccc(CC(=O)O)cc1)c1ccc(Cl)cc1F. The molecule has 1 heterocycles. The lowest BCUT2D eigenvalue weighted by Gasteiger charge is -2.43. The zero-order valence-corrected chi connectivity index (χ0v) is 29.1. The molecular weight excluding hydrogens is 687 g/mol. The van der Waals surface area contributed by atoms with Gasteiger partial charge in [-0.25, -0.2) is 13.6 Å². The average Bonchev–Trinajstić information content (AvgIpc) is 3.34. The van der Waals surface area contributed by atoms with Crippen molar-refractivity contribution in [2.45, 2.75) is 57.0 Å². The molecule has 4 atom stereocenters. The molecule has 1 fully saturated rings. The van der Waals surface area contributed by atoms with Crippen molar-refractivity contribution in [1.29, 1.82) is 0 Å². The number of benzene rings is 4. The molecule has 262 valence electrons. The molecular formula is C38H37Cl2F2N3O5. The van der Waals surface area contributed by atoms with Gasteiger partial charge in [0.25, 0.3) is 0 Å². The van der Waals surface area contributed by atoms with Gasteiger partial charge in [-0.3, -0.25) is 9.59 Å². The maximum atomic E-state index is 16.4. The highest BCUT2D eigenvalue weighted by molar-refractivity contribution is 6.31. The van der Waals surface area contributed by atoms with E-state index in [4.69, 9.17) is 23.2 Å². The highest BCUT2D eigenvalue weighted by Gasteiger charge is 2.60. The third-order valence-corrected chi connectivity index (χ3v) is 9.56. The first kappa shape index (κ1) is 36.8. The lowest BCUT2D eigenvalue weighted by molar-refractivity contribution is -0.136. The Bertz CT molecular complexity index is 1900. The molecule has 5 rings (SSSR count). The third-order valence-electron chi connectivity index (χ3n) is 9.03. The summed E-state index contributed by atoms with van der Waals surface area (Å²) < 4.78 is 32.7. The Balaban J connectivity index is 1.71. The van der Waals surface area contributed by atoms with E-state index in [-0.39, 0.29) is 45.1 Å². The van der Waals surface area contributed by atoms with Crippen LogP contribution in [0.25, 0.3) is 0 Å². The number of anilines is 2. The predicted octanol–water partition coefficient (Wildman–Crippen LogP) is 8.15. The van der Waals surface area contributed by atoms with Crippen LogP contribution in [-0.4, -0.2) is 46.7 Å². The summed E-state index contributed by atoms with van der Waals surface area (Å²) in [6, 6.07) is 19.5. The van der Waals surface area contributed by atoms with Crippen LogP contribution in [0.5, 0.6) is 0 Å². The second-order valence-electron chi connectivity index (χ2n) is 13.7. The second kappa shape index (κ2) is 14.8. The van der Waals surface area contributed by atoms with E-state index in [1.807, 2.05) is 20.8 Å². The summed E-state index contributed by atoms with van der Waals surface area (Å²) in [6.45, 7) is 6.04. The van der Waals surface area contributed by atoms with Crippen molar-refractivity contribution >= 4 is 52.4 Å². The van der Waals surface area contributed by atoms with Crippen molar-refractivity contribution in [2.75, 3.05) is 17.2 Å². The topological polar surface area (TPSA) is 128 Å². The number of nitrogens with one attached hydrogen (secondary N) is 3. The van der Waals surface area contributed by atoms with Gasteiger partial charge in [-0.15, -0.1) is 0 Å². The Labute approximate surface area is 298 Å². The van der Waals surface area contributed by atoms with Crippen molar-refractivity contribution in [1.82, 2.24) is 5.32 Å². The molecule has 50 heavy (non-hydrogen) atoms. The van der Waals surface area contributed by atoms with Gasteiger partial charge >= 0.3 is 11.9 Å². The number of hydrogen-bond acceptors (Lipinski definition) is 5. The molecule has 4 aromatic rings. The molecule has 0 unspecified atom stereocenters. The standard InChI is InChI=1S/C38H37Cl2F2N3O5/c1-37(2,3)19-30-38(27-16-11-23(39)18-29(27)41,20-43-24-12-7-21(8-13-24)17-31(46)47)32(26-5-4-6-28(40)33(26)42)34(45-30)35(48)44-25-14-9-22(10-15-25)36(49)50/h4-16,18,30,32,34,43,45H,17,19-20H2,1-3H3,(H,44,48)(H,46,47)(H,49,50)/t30-,32-,34+,38-/m0/s1. The fraction of sp³-hybridized carbons (Fsp3) is 0.289. The molecule has 0 saturated carbocycles. The summed E-state index contributed by atoms with van der Waals surface area (Å²) in [5, 5.41) is 28.3. The lowest BCUT2D eigenvalue weighted by Crippen LogP contribution is -2.50. The molecule has 1 saturated heterocycles. The molecule has 12 heteroatoms. The fourth-order valence-corrected chi connectivity index (χ4v) is 7.24. The quantitative estimate of drug-likeness (QED) is 0.106. The lowest BCUT2D eigenvalue weighted by atomic mass is 9.61. The monoisotopic (exact) mass is 723 g/mol. The third kappa shape index (κ3) is 7.93. The first-order valence-corrected chi connectivity index (χ1v) is 16.7. The van der Waals surface area contributed by atoms with Crippen LogP contribution < -0.4 is 16.0 Å². The van der Waals surface area contributed by atoms with Crippen LogP contribution in [0.3, 0.4) is 0 Å². The molecule has 5 N–H and O–H groups in total. The van der Waals surface area contributed by atoms with E-state index in [2.05, 4.69) is 16.0 Å². The Kier molecular flexibility index (Phi) is 10.9. The summed E-state index contributed by atoms with van der Waals surface area (Å²) in [4.78, 5) is 37.0. The minimum atomic E-state index is -1.36. The molecule has 1 aliphatic rings. The zero-order chi connectivity index (χ0) is 36.4. The summed E-state index contributed by atoms with van der Waals surface area (Å²) >= 11 is 12.6. The summed E-state index contributed by atoms with van der Waals surface area (Å²) in [7, 11) is 0. The summed E-state index contributed by atoms with van der Waals surface area (Å²) in [5.74, 6) is -5.10. The number of carbonyl (C=O) groups excluding carboxylic acids is 1. The van der Waals surface area contributed by atoms with Gasteiger partial charge in [0.2, 0.25) is 5.91 Å². The highest BCUT2D eigenvalue weighted by atomic mass is 35.5. The second-order valence-corrected chi connectivity index (χ2v) is 14.6. The van der Waals surface area contributed by atoms with Crippen LogP contribution in [0, 0.1) is 17.0 Å². The van der Waals surface area contributed by atoms with E-state index < -0.39 is 52.9 Å². The number of carboxylic acids is 2. The molecule has 1 amide bonds. The van der Waals surface area contributed by atoms with E-state index in [1.54, 1.807) is 42.5 Å². The Morgan fingerprint density at radius 2 is 1.56 bits per heavy atom. The Hall–Kier alpha value is -4.51. The van der Waals surface area contributed by atoms with E-state index in [1.165, 1.54) is 42.5 Å². The number of hydrogen-bond donors (Lipinski definition) is 5. The van der Waals surface area contributed by atoms with Crippen molar-refractivity contribution in [3.05, 3.63) is 129 Å². The molecule has 0 aromatic heterocycles. The molecule has 0 bridgehead atoms. The molecule has 0 aliphatic carbocycles. The van der Waals surface area contributed by atoms with Gasteiger partial charge in [0.15, 0.2) is 0 Å². The van der Waals surface area contributed by atoms with Crippen molar-refractivity contribution in [3.8, 4) is 0 Å². The van der Waals surface area contributed by atoms with E-state index in [0.717, 1.165) is 0 Å². The normalized spacial score (nSPS) is 20.3. The van der Waals surface area contributed by atoms with E-state index in [0.29, 0.717) is 23.4 Å². The predicted molar refractivity (Wildman–Crippen MR) is 190 cm³/mol. The number of aliphatic carboxylic acids is 1. The molecule has 0 radical (unpaired) electrons. The van der Waals surface area contributed by atoms with Crippen molar-refractivity contribution in [2.24, 2.45) is 5.41 Å². The molecule has 4 aromatic carbocycles. The summed E-state index contributed by atoms with van der Waals surface area (Å²) in [5.41, 5.74) is 0.0996. The van der Waals surface area contributed by atoms with Gasteiger partial charge in [-0.05, 0) is 83.1 Å². The summed E-state index contributed by atoms with van der Waals surface area (Å²) in [6.07, 6.45) is 0.258. The van der Waals surface area contributed by atoms with Gasteiger partial charge in [0.1, 0.15) is 11.6 Å². The smallest absolute Gasteiger partial charge is 0.335 e. The van der Waals surface area contributed by atoms with Crippen LogP contribution in [0.15, 0.2) is 84.9 Å². The van der Waals surface area contributed by atoms with E-state index >= 15 is 8.78 Å². The van der Waals surface area contributed by atoms with Gasteiger partial charge in [-0.2, -0.15) is 0 Å². The first-order valence-electron chi connectivity index (χ1n) is 15.9. The van der Waals surface area contributed by atoms with Gasteiger partial charge in [0.05, 0.1) is 23.0 Å². The Morgan fingerprint density at radius 3 is 2.16 bits per heavy atom. The van der Waals surface area contributed by atoms with Crippen LogP contribution in [0.2, 0.25) is 10.0 Å².